The van der Waals surface area contributed by atoms with Gasteiger partial charge in [-0.1, -0.05) is 46.3 Å². The van der Waals surface area contributed by atoms with E-state index in [9.17, 15) is 4.79 Å². The smallest absolute Gasteiger partial charge is 0.275 e. The van der Waals surface area contributed by atoms with Crippen molar-refractivity contribution in [3.63, 3.8) is 0 Å². The molecule has 7 nitrogen and oxygen atoms in total. The molecule has 1 amide bonds. The van der Waals surface area contributed by atoms with E-state index in [4.69, 9.17) is 15.6 Å². The first kappa shape index (κ1) is 25.8. The Hall–Kier alpha value is -4.43. The molecule has 2 heterocycles. The number of nitrogens with zero attached hydrogens (tertiary/aromatic N) is 4. The normalized spacial score (nSPS) is 17.3. The van der Waals surface area contributed by atoms with Crippen LogP contribution in [0.25, 0.3) is 0 Å². The maximum Gasteiger partial charge on any atom is 0.275 e. The second kappa shape index (κ2) is 10.3. The lowest BCUT2D eigenvalue weighted by Crippen LogP contribution is -2.44. The summed E-state index contributed by atoms with van der Waals surface area (Å²) in [6.45, 7) is 5.97. The third kappa shape index (κ3) is 4.07. The van der Waals surface area contributed by atoms with Gasteiger partial charge >= 0.3 is 0 Å². The number of hydrogen-bond acceptors (Lipinski definition) is 6. The zero-order valence-electron chi connectivity index (χ0n) is 22.2. The molecule has 1 unspecified atom stereocenters. The van der Waals surface area contributed by atoms with Crippen LogP contribution in [0.15, 0.2) is 99.5 Å². The fraction of sp³-hybridized carbons (Fsp3) is 0.156. The molecule has 200 valence electrons. The number of fused-ring (bicyclic) bond motifs is 6. The second-order valence-electron chi connectivity index (χ2n) is 9.60. The van der Waals surface area contributed by atoms with Gasteiger partial charge in [0.25, 0.3) is 5.91 Å². The molecule has 0 bridgehead atoms. The number of aliphatic imine (C=N–C) groups is 1. The van der Waals surface area contributed by atoms with Gasteiger partial charge in [0.05, 0.1) is 11.9 Å². The summed E-state index contributed by atoms with van der Waals surface area (Å²) in [5, 5.41) is 6.30. The minimum Gasteiger partial charge on any atom is -0.456 e. The molecule has 4 aromatic rings. The van der Waals surface area contributed by atoms with Crippen molar-refractivity contribution in [2.75, 3.05) is 23.7 Å². The third-order valence-corrected chi connectivity index (χ3v) is 7.98. The molecule has 40 heavy (non-hydrogen) atoms. The molecule has 0 fully saturated rings. The number of carbonyl (C=O) groups is 1. The third-order valence-electron chi connectivity index (χ3n) is 7.46. The van der Waals surface area contributed by atoms with Gasteiger partial charge < -0.3 is 15.4 Å². The monoisotopic (exact) mass is 593 g/mol. The molecule has 1 atom stereocenters. The van der Waals surface area contributed by atoms with E-state index in [1.54, 1.807) is 17.4 Å². The molecule has 0 saturated carbocycles. The van der Waals surface area contributed by atoms with Crippen molar-refractivity contribution in [2.24, 2.45) is 10.1 Å². The number of rotatable bonds is 6. The van der Waals surface area contributed by atoms with Gasteiger partial charge in [-0.3, -0.25) is 9.79 Å². The van der Waals surface area contributed by atoms with Crippen LogP contribution in [-0.2, 0) is 5.54 Å². The Morgan fingerprint density at radius 1 is 0.900 bits per heavy atom. The largest absolute Gasteiger partial charge is 0.456 e. The molecule has 0 aromatic heterocycles. The van der Waals surface area contributed by atoms with Gasteiger partial charge in [-0.25, -0.2) is 5.01 Å². The summed E-state index contributed by atoms with van der Waals surface area (Å²) in [6.07, 6.45) is 3.16. The fourth-order valence-corrected chi connectivity index (χ4v) is 5.90. The molecule has 2 N–H and O–H groups in total. The number of nitrogens with two attached hydrogens (primary N) is 1. The Morgan fingerprint density at radius 3 is 2.35 bits per heavy atom. The number of nitrogen functional groups attached to an aromatic ring is 1. The summed E-state index contributed by atoms with van der Waals surface area (Å²) < 4.78 is 7.47. The molecule has 8 heteroatoms. The SMILES string of the molecule is CCN(CC)c1ccc2c(c1)Oc1cc(N)ccc1C21c2ccccc2C(=O)N1/N=C/C=N/c1ccc(Br)cc1. The van der Waals surface area contributed by atoms with Crippen LogP contribution in [0.4, 0.5) is 17.1 Å². The molecule has 4 aromatic carbocycles. The summed E-state index contributed by atoms with van der Waals surface area (Å²) in [5.41, 5.74) is 10.6. The quantitative estimate of drug-likeness (QED) is 0.190. The lowest BCUT2D eigenvalue weighted by Gasteiger charge is -2.42. The summed E-state index contributed by atoms with van der Waals surface area (Å²) in [4.78, 5) is 20.8. The summed E-state index contributed by atoms with van der Waals surface area (Å²) in [6, 6.07) is 27.1. The van der Waals surface area contributed by atoms with Gasteiger partial charge in [0.1, 0.15) is 17.0 Å². The predicted molar refractivity (Wildman–Crippen MR) is 164 cm³/mol. The van der Waals surface area contributed by atoms with Crippen LogP contribution >= 0.6 is 15.9 Å². The highest BCUT2D eigenvalue weighted by Crippen LogP contribution is 2.58. The van der Waals surface area contributed by atoms with Crippen molar-refractivity contribution in [3.05, 3.63) is 112 Å². The lowest BCUT2D eigenvalue weighted by atomic mass is 9.75. The highest BCUT2D eigenvalue weighted by Gasteiger charge is 2.57. The van der Waals surface area contributed by atoms with Gasteiger partial charge in [0.2, 0.25) is 0 Å². The highest BCUT2D eigenvalue weighted by molar-refractivity contribution is 9.10. The van der Waals surface area contributed by atoms with E-state index in [0.717, 1.165) is 45.6 Å². The van der Waals surface area contributed by atoms with Crippen molar-refractivity contribution in [1.82, 2.24) is 5.01 Å². The van der Waals surface area contributed by atoms with Crippen LogP contribution in [0.5, 0.6) is 11.5 Å². The van der Waals surface area contributed by atoms with E-state index in [1.807, 2.05) is 72.8 Å². The Balaban J connectivity index is 1.55. The number of ether oxygens (including phenoxy) is 1. The summed E-state index contributed by atoms with van der Waals surface area (Å²) in [7, 11) is 0. The van der Waals surface area contributed by atoms with Crippen molar-refractivity contribution in [3.8, 4) is 11.5 Å². The standard InChI is InChI=1S/C32H28BrN5O2/c1-3-37(4-2)24-14-16-28-30(20-24)40-29-19-22(34)11-15-27(29)32(28)26-8-6-5-7-25(26)31(39)38(32)36-18-17-35-23-12-9-21(33)10-13-23/h5-20H,3-4,34H2,1-2H3/b35-17+,36-18+. The number of hydrogen-bond donors (Lipinski definition) is 1. The lowest BCUT2D eigenvalue weighted by molar-refractivity contribution is 0.0675. The van der Waals surface area contributed by atoms with Gasteiger partial charge in [-0.2, -0.15) is 5.10 Å². The zero-order valence-corrected chi connectivity index (χ0v) is 23.8. The number of carbonyl (C=O) groups excluding carboxylic acids is 1. The van der Waals surface area contributed by atoms with Gasteiger partial charge in [0, 0.05) is 69.5 Å². The maximum atomic E-state index is 14.0. The Labute approximate surface area is 241 Å². The summed E-state index contributed by atoms with van der Waals surface area (Å²) >= 11 is 3.44. The molecular weight excluding hydrogens is 566 g/mol. The Kier molecular flexibility index (Phi) is 6.64. The van der Waals surface area contributed by atoms with E-state index in [1.165, 1.54) is 0 Å². The number of benzene rings is 4. The minimum absolute atomic E-state index is 0.202. The van der Waals surface area contributed by atoms with Crippen LogP contribution in [0, 0.1) is 0 Å². The van der Waals surface area contributed by atoms with E-state index in [0.29, 0.717) is 22.7 Å². The van der Waals surface area contributed by atoms with Crippen LogP contribution in [-0.4, -0.2) is 36.4 Å². The first-order valence-corrected chi connectivity index (χ1v) is 14.0. The molecular formula is C32H28BrN5O2. The minimum atomic E-state index is -1.05. The molecule has 1 spiro atoms. The maximum absolute atomic E-state index is 14.0. The van der Waals surface area contributed by atoms with E-state index in [2.05, 4.69) is 51.8 Å². The predicted octanol–water partition coefficient (Wildman–Crippen LogP) is 7.12. The molecule has 2 aliphatic heterocycles. The zero-order chi connectivity index (χ0) is 27.9. The number of hydrazone groups is 1. The summed E-state index contributed by atoms with van der Waals surface area (Å²) in [5.74, 6) is 1.06. The van der Waals surface area contributed by atoms with Crippen LogP contribution in [0.3, 0.4) is 0 Å². The van der Waals surface area contributed by atoms with Crippen molar-refractivity contribution in [1.29, 1.82) is 0 Å². The fourth-order valence-electron chi connectivity index (χ4n) is 5.63. The Morgan fingerprint density at radius 2 is 1.60 bits per heavy atom. The van der Waals surface area contributed by atoms with Gasteiger partial charge in [0.15, 0.2) is 0 Å². The molecule has 0 saturated heterocycles. The van der Waals surface area contributed by atoms with Crippen LogP contribution in [0.1, 0.15) is 40.9 Å². The average molecular weight is 595 g/mol. The number of anilines is 2. The Bertz CT molecular complexity index is 1660. The van der Waals surface area contributed by atoms with Crippen molar-refractivity contribution in [2.45, 2.75) is 19.4 Å². The number of halogens is 1. The molecule has 6 rings (SSSR count). The van der Waals surface area contributed by atoms with Crippen molar-refractivity contribution < 1.29 is 9.53 Å². The average Bonchev–Trinajstić information content (AvgIpc) is 3.21. The van der Waals surface area contributed by atoms with Gasteiger partial charge in [-0.05, 0) is 56.3 Å². The van der Waals surface area contributed by atoms with Crippen LogP contribution < -0.4 is 15.4 Å². The first-order valence-electron chi connectivity index (χ1n) is 13.2. The topological polar surface area (TPSA) is 83.5 Å². The van der Waals surface area contributed by atoms with E-state index < -0.39 is 5.54 Å². The second-order valence-corrected chi connectivity index (χ2v) is 10.5. The molecule has 0 aliphatic carbocycles. The highest BCUT2D eigenvalue weighted by atomic mass is 79.9. The molecule has 2 aliphatic rings. The van der Waals surface area contributed by atoms with Crippen LogP contribution in [0.2, 0.25) is 0 Å². The first-order chi connectivity index (χ1) is 19.5. The van der Waals surface area contributed by atoms with E-state index in [-0.39, 0.29) is 5.91 Å². The van der Waals surface area contributed by atoms with Gasteiger partial charge in [-0.15, -0.1) is 0 Å². The molecule has 0 radical (unpaired) electrons. The number of amides is 1. The van der Waals surface area contributed by atoms with E-state index >= 15 is 0 Å². The van der Waals surface area contributed by atoms with Crippen molar-refractivity contribution >= 4 is 51.3 Å².